The number of hydrogen-bond donors (Lipinski definition) is 6. The minimum absolute atomic E-state index is 0.0649. The van der Waals surface area contributed by atoms with Gasteiger partial charge in [0.15, 0.2) is 12.4 Å². The molecular weight excluding hydrogens is 967 g/mol. The SMILES string of the molecule is CC/C=C/C=C/C=C\C=C/C=C/CCCCCC(=O)OC1C(OCC(NC(=O)C(O)CCCCCC/C=C\C/C=C\C/C=C\C/C=C\CCCCC)C(O)/C=C/CCCCCCCCCCCCC)OC(CO)C(O)C1O. The molecule has 0 radical (unpaired) electrons. The zero-order chi connectivity index (χ0) is 56.1. The van der Waals surface area contributed by atoms with Crippen molar-refractivity contribution in [1.29, 1.82) is 0 Å². The molecule has 0 aromatic rings. The normalized spacial score (nSPS) is 19.9. The average Bonchev–Trinajstić information content (AvgIpc) is 3.43. The molecule has 1 amide bonds. The van der Waals surface area contributed by atoms with E-state index in [1.165, 1.54) is 77.0 Å². The summed E-state index contributed by atoms with van der Waals surface area (Å²) in [6.07, 6.45) is 62.3. The van der Waals surface area contributed by atoms with Gasteiger partial charge in [-0.1, -0.05) is 245 Å². The second-order valence-electron chi connectivity index (χ2n) is 20.5. The number of aliphatic hydroxyl groups is 5. The van der Waals surface area contributed by atoms with Crippen LogP contribution in [0.25, 0.3) is 0 Å². The van der Waals surface area contributed by atoms with Gasteiger partial charge in [0.1, 0.15) is 24.4 Å². The molecule has 77 heavy (non-hydrogen) atoms. The molecule has 6 N–H and O–H groups in total. The van der Waals surface area contributed by atoms with Crippen molar-refractivity contribution in [3.8, 4) is 0 Å². The number of allylic oxidation sites excluding steroid dienone is 19. The first-order valence-corrected chi connectivity index (χ1v) is 30.4. The van der Waals surface area contributed by atoms with Crippen LogP contribution in [-0.4, -0.2) is 99.6 Å². The van der Waals surface area contributed by atoms with Crippen LogP contribution in [0, 0.1) is 0 Å². The maximum absolute atomic E-state index is 13.4. The average molecular weight is 1080 g/mol. The summed E-state index contributed by atoms with van der Waals surface area (Å²) in [6, 6.07) is -1.05. The van der Waals surface area contributed by atoms with Gasteiger partial charge < -0.3 is 45.1 Å². The summed E-state index contributed by atoms with van der Waals surface area (Å²) < 4.78 is 17.5. The Morgan fingerprint density at radius 1 is 0.532 bits per heavy atom. The minimum Gasteiger partial charge on any atom is -0.454 e. The number of carbonyl (C=O) groups is 2. The fourth-order valence-electron chi connectivity index (χ4n) is 8.65. The summed E-state index contributed by atoms with van der Waals surface area (Å²) in [5.41, 5.74) is 0. The van der Waals surface area contributed by atoms with Crippen molar-refractivity contribution < 1.29 is 49.3 Å². The van der Waals surface area contributed by atoms with Crippen LogP contribution in [-0.2, 0) is 23.8 Å². The van der Waals surface area contributed by atoms with E-state index in [2.05, 4.69) is 86.8 Å². The van der Waals surface area contributed by atoms with E-state index in [1.807, 2.05) is 54.7 Å². The Bertz CT molecular complexity index is 1710. The second-order valence-corrected chi connectivity index (χ2v) is 20.5. The van der Waals surface area contributed by atoms with Crippen LogP contribution in [0.15, 0.2) is 122 Å². The van der Waals surface area contributed by atoms with Gasteiger partial charge >= 0.3 is 5.97 Å². The molecule has 0 saturated carbocycles. The van der Waals surface area contributed by atoms with Crippen LogP contribution < -0.4 is 5.32 Å². The molecule has 1 aliphatic heterocycles. The first-order valence-electron chi connectivity index (χ1n) is 30.4. The molecule has 1 rings (SSSR count). The van der Waals surface area contributed by atoms with Crippen molar-refractivity contribution in [1.82, 2.24) is 5.32 Å². The molecule has 1 heterocycles. The van der Waals surface area contributed by atoms with Crippen molar-refractivity contribution >= 4 is 11.9 Å². The predicted octanol–water partition coefficient (Wildman–Crippen LogP) is 14.3. The van der Waals surface area contributed by atoms with E-state index in [0.717, 1.165) is 96.3 Å². The van der Waals surface area contributed by atoms with Crippen LogP contribution in [0.1, 0.15) is 220 Å². The van der Waals surface area contributed by atoms with Gasteiger partial charge in [-0.25, -0.2) is 0 Å². The monoisotopic (exact) mass is 1080 g/mol. The van der Waals surface area contributed by atoms with E-state index in [-0.39, 0.29) is 19.4 Å². The van der Waals surface area contributed by atoms with Gasteiger partial charge in [-0.3, -0.25) is 9.59 Å². The van der Waals surface area contributed by atoms with Crippen molar-refractivity contribution in [2.45, 2.75) is 269 Å². The Hall–Kier alpha value is -3.94. The number of esters is 1. The van der Waals surface area contributed by atoms with Crippen LogP contribution in [0.4, 0.5) is 0 Å². The second kappa shape index (κ2) is 52.7. The summed E-state index contributed by atoms with van der Waals surface area (Å²) in [6.45, 7) is 5.56. The topological polar surface area (TPSA) is 175 Å². The molecule has 1 saturated heterocycles. The van der Waals surface area contributed by atoms with Crippen LogP contribution >= 0.6 is 0 Å². The third-order valence-corrected chi connectivity index (χ3v) is 13.5. The standard InChI is InChI=1S/C66H109NO10/c1-4-7-10-13-16-19-22-25-27-28-29-30-31-33-35-38-41-44-47-50-53-59(70)65(74)67-57(58(69)52-49-46-43-40-37-34-24-21-18-15-12-9-6-3)56-75-66-64(63(73)62(72)60(55-68)76-66)77-61(71)54-51-48-45-42-39-36-32-26-23-20-17-14-11-8-5-2/h8,11,14,16-17,19-20,23,25-27,29-30,32-33,35-36,39,49,52,57-60,62-64,66,68-70,72-73H,4-7,9-10,12-13,15,18,21-22,24,28,31,34,37-38,40-48,50-51,53-56H2,1-3H3,(H,67,74)/b11-8+,17-14+,19-16-,23-20-,27-25-,30-29-,32-26-,35-33-,39-36+,52-49+. The van der Waals surface area contributed by atoms with E-state index in [0.29, 0.717) is 12.8 Å². The molecule has 0 bridgehead atoms. The molecule has 11 heteroatoms. The molecule has 0 aromatic heterocycles. The van der Waals surface area contributed by atoms with Crippen molar-refractivity contribution in [2.24, 2.45) is 0 Å². The Kier molecular flexibility index (Phi) is 48.7. The highest BCUT2D eigenvalue weighted by Crippen LogP contribution is 2.26. The highest BCUT2D eigenvalue weighted by atomic mass is 16.7. The van der Waals surface area contributed by atoms with E-state index >= 15 is 0 Å². The summed E-state index contributed by atoms with van der Waals surface area (Å²) >= 11 is 0. The van der Waals surface area contributed by atoms with Crippen LogP contribution in [0.3, 0.4) is 0 Å². The lowest BCUT2D eigenvalue weighted by Crippen LogP contribution is -2.61. The van der Waals surface area contributed by atoms with E-state index in [9.17, 15) is 35.1 Å². The van der Waals surface area contributed by atoms with Gasteiger partial charge in [0.05, 0.1) is 25.4 Å². The smallest absolute Gasteiger partial charge is 0.306 e. The maximum Gasteiger partial charge on any atom is 0.306 e. The Morgan fingerprint density at radius 2 is 0.987 bits per heavy atom. The van der Waals surface area contributed by atoms with Gasteiger partial charge in [0, 0.05) is 6.42 Å². The van der Waals surface area contributed by atoms with Gasteiger partial charge in [-0.05, 0) is 89.9 Å². The van der Waals surface area contributed by atoms with Gasteiger partial charge in [0.2, 0.25) is 5.91 Å². The van der Waals surface area contributed by atoms with Crippen molar-refractivity contribution in [2.75, 3.05) is 13.2 Å². The third kappa shape index (κ3) is 40.8. The van der Waals surface area contributed by atoms with Crippen molar-refractivity contribution in [3.63, 3.8) is 0 Å². The number of amides is 1. The molecule has 1 fully saturated rings. The zero-order valence-corrected chi connectivity index (χ0v) is 48.3. The molecule has 1 aliphatic rings. The summed E-state index contributed by atoms with van der Waals surface area (Å²) in [5.74, 6) is -1.27. The number of ether oxygens (including phenoxy) is 3. The minimum atomic E-state index is -1.64. The summed E-state index contributed by atoms with van der Waals surface area (Å²) in [5, 5.41) is 56.9. The number of hydrogen-bond acceptors (Lipinski definition) is 10. The van der Waals surface area contributed by atoms with Crippen LogP contribution in [0.2, 0.25) is 0 Å². The Morgan fingerprint density at radius 3 is 1.55 bits per heavy atom. The summed E-state index contributed by atoms with van der Waals surface area (Å²) in [4.78, 5) is 26.5. The molecule has 0 aromatic carbocycles. The number of unbranched alkanes of at least 4 members (excludes halogenated alkanes) is 21. The predicted molar refractivity (Wildman–Crippen MR) is 319 cm³/mol. The summed E-state index contributed by atoms with van der Waals surface area (Å²) in [7, 11) is 0. The Balaban J connectivity index is 2.76. The molecular formula is C66H109NO10. The molecule has 438 valence electrons. The van der Waals surface area contributed by atoms with Gasteiger partial charge in [-0.15, -0.1) is 0 Å². The number of nitrogens with one attached hydrogen (secondary N) is 1. The maximum atomic E-state index is 13.4. The molecule has 11 nitrogen and oxygen atoms in total. The fourth-order valence-corrected chi connectivity index (χ4v) is 8.65. The van der Waals surface area contributed by atoms with Crippen molar-refractivity contribution in [3.05, 3.63) is 122 Å². The third-order valence-electron chi connectivity index (χ3n) is 13.5. The van der Waals surface area contributed by atoms with E-state index in [4.69, 9.17) is 14.2 Å². The lowest BCUT2D eigenvalue weighted by molar-refractivity contribution is -0.305. The molecule has 0 aliphatic carbocycles. The fraction of sp³-hybridized carbons (Fsp3) is 0.667. The first kappa shape index (κ1) is 71.1. The first-order chi connectivity index (χ1) is 37.7. The van der Waals surface area contributed by atoms with E-state index < -0.39 is 67.4 Å². The molecule has 0 spiro atoms. The van der Waals surface area contributed by atoms with E-state index in [1.54, 1.807) is 6.08 Å². The number of carbonyl (C=O) groups excluding carboxylic acids is 2. The van der Waals surface area contributed by atoms with Gasteiger partial charge in [-0.2, -0.15) is 0 Å². The molecule has 8 unspecified atom stereocenters. The molecule has 8 atom stereocenters. The number of aliphatic hydroxyl groups excluding tert-OH is 5. The quantitative estimate of drug-likeness (QED) is 0.0149. The largest absolute Gasteiger partial charge is 0.454 e. The lowest BCUT2D eigenvalue weighted by atomic mass is 9.99. The zero-order valence-electron chi connectivity index (χ0n) is 48.3. The van der Waals surface area contributed by atoms with Crippen LogP contribution in [0.5, 0.6) is 0 Å². The number of rotatable bonds is 49. The van der Waals surface area contributed by atoms with Gasteiger partial charge in [0.25, 0.3) is 0 Å². The lowest BCUT2D eigenvalue weighted by Gasteiger charge is -2.41. The highest BCUT2D eigenvalue weighted by molar-refractivity contribution is 5.80. The Labute approximate surface area is 468 Å². The highest BCUT2D eigenvalue weighted by Gasteiger charge is 2.47.